The minimum atomic E-state index is -0.269. The second kappa shape index (κ2) is 10.5. The van der Waals surface area contributed by atoms with E-state index >= 15 is 0 Å². The highest BCUT2D eigenvalue weighted by Crippen LogP contribution is 2.22. The number of hydrogen-bond acceptors (Lipinski definition) is 6. The van der Waals surface area contributed by atoms with Crippen LogP contribution in [0.25, 0.3) is 6.08 Å². The molecule has 0 bridgehead atoms. The van der Waals surface area contributed by atoms with Gasteiger partial charge in [0.2, 0.25) is 5.91 Å². The molecule has 160 valence electrons. The van der Waals surface area contributed by atoms with Crippen molar-refractivity contribution in [3.05, 3.63) is 47.8 Å². The minimum Gasteiger partial charge on any atom is -0.497 e. The molecule has 1 aliphatic rings. The number of carbonyl (C=O) groups is 2. The van der Waals surface area contributed by atoms with Crippen LogP contribution in [0.3, 0.4) is 0 Å². The van der Waals surface area contributed by atoms with Gasteiger partial charge in [-0.1, -0.05) is 17.3 Å². The van der Waals surface area contributed by atoms with Gasteiger partial charge in [-0.25, -0.2) is 4.68 Å². The summed E-state index contributed by atoms with van der Waals surface area (Å²) in [5.41, 5.74) is 1.23. The van der Waals surface area contributed by atoms with Gasteiger partial charge in [-0.3, -0.25) is 9.59 Å². The Kier molecular flexibility index (Phi) is 7.56. The average molecular weight is 413 g/mol. The summed E-state index contributed by atoms with van der Waals surface area (Å²) in [6.45, 7) is 2.13. The third-order valence-corrected chi connectivity index (χ3v) is 5.02. The van der Waals surface area contributed by atoms with Crippen LogP contribution < -0.4 is 10.1 Å². The predicted molar refractivity (Wildman–Crippen MR) is 111 cm³/mol. The molecule has 2 amide bonds. The topological polar surface area (TPSA) is 98.6 Å². The number of rotatable bonds is 8. The lowest BCUT2D eigenvalue weighted by molar-refractivity contribution is -0.127. The highest BCUT2D eigenvalue weighted by atomic mass is 16.5. The summed E-state index contributed by atoms with van der Waals surface area (Å²) in [4.78, 5) is 26.3. The van der Waals surface area contributed by atoms with Gasteiger partial charge in [0, 0.05) is 32.8 Å². The Balaban J connectivity index is 1.49. The molecule has 1 aliphatic heterocycles. The molecule has 3 rings (SSSR count). The van der Waals surface area contributed by atoms with E-state index in [9.17, 15) is 9.59 Å². The molecule has 9 heteroatoms. The Morgan fingerprint density at radius 1 is 1.20 bits per heavy atom. The van der Waals surface area contributed by atoms with Crippen molar-refractivity contribution in [1.29, 1.82) is 0 Å². The van der Waals surface area contributed by atoms with Gasteiger partial charge in [0.05, 0.1) is 26.0 Å². The zero-order valence-electron chi connectivity index (χ0n) is 17.3. The van der Waals surface area contributed by atoms with E-state index in [0.717, 1.165) is 24.2 Å². The smallest absolute Gasteiger partial charge is 0.273 e. The number of benzene rings is 1. The summed E-state index contributed by atoms with van der Waals surface area (Å²) >= 11 is 0. The first-order chi connectivity index (χ1) is 14.6. The molecule has 0 unspecified atom stereocenters. The van der Waals surface area contributed by atoms with E-state index in [1.165, 1.54) is 0 Å². The van der Waals surface area contributed by atoms with Crippen LogP contribution in [0.2, 0.25) is 0 Å². The number of aromatic nitrogens is 3. The molecule has 1 N–H and O–H groups in total. The first-order valence-corrected chi connectivity index (χ1v) is 9.90. The molecule has 0 atom stereocenters. The fraction of sp³-hybridized carbons (Fsp3) is 0.429. The molecule has 1 saturated heterocycles. The van der Waals surface area contributed by atoms with E-state index < -0.39 is 0 Å². The van der Waals surface area contributed by atoms with Crippen LogP contribution >= 0.6 is 0 Å². The van der Waals surface area contributed by atoms with Crippen molar-refractivity contribution in [3.63, 3.8) is 0 Å². The maximum Gasteiger partial charge on any atom is 0.273 e. The van der Waals surface area contributed by atoms with Gasteiger partial charge in [-0.05, 0) is 36.6 Å². The first-order valence-electron chi connectivity index (χ1n) is 9.90. The summed E-state index contributed by atoms with van der Waals surface area (Å²) < 4.78 is 11.8. The van der Waals surface area contributed by atoms with E-state index in [0.29, 0.717) is 26.2 Å². The SMILES string of the molecule is COCCNC(=O)c1cn(C2CCN(C(=O)/C=C/c3ccc(OC)cc3)CC2)nn1. The van der Waals surface area contributed by atoms with E-state index in [2.05, 4.69) is 15.6 Å². The summed E-state index contributed by atoms with van der Waals surface area (Å²) in [5, 5.41) is 10.8. The number of amides is 2. The van der Waals surface area contributed by atoms with Gasteiger partial charge in [0.1, 0.15) is 5.75 Å². The zero-order chi connectivity index (χ0) is 21.3. The number of carbonyl (C=O) groups excluding carboxylic acids is 2. The van der Waals surface area contributed by atoms with Crippen LogP contribution in [0, 0.1) is 0 Å². The van der Waals surface area contributed by atoms with Crippen LogP contribution in [0.1, 0.15) is 34.9 Å². The summed E-state index contributed by atoms with van der Waals surface area (Å²) in [7, 11) is 3.20. The Morgan fingerprint density at radius 3 is 2.60 bits per heavy atom. The Morgan fingerprint density at radius 2 is 1.93 bits per heavy atom. The second-order valence-electron chi connectivity index (χ2n) is 7.00. The van der Waals surface area contributed by atoms with Crippen molar-refractivity contribution in [2.45, 2.75) is 18.9 Å². The predicted octanol–water partition coefficient (Wildman–Crippen LogP) is 1.54. The van der Waals surface area contributed by atoms with Crippen molar-refractivity contribution < 1.29 is 19.1 Å². The quantitative estimate of drug-likeness (QED) is 0.521. The molecule has 2 heterocycles. The van der Waals surface area contributed by atoms with Crippen molar-refractivity contribution in [2.24, 2.45) is 0 Å². The number of nitrogens with one attached hydrogen (secondary N) is 1. The van der Waals surface area contributed by atoms with Gasteiger partial charge in [0.15, 0.2) is 5.69 Å². The van der Waals surface area contributed by atoms with E-state index in [1.807, 2.05) is 29.2 Å². The molecule has 1 fully saturated rings. The lowest BCUT2D eigenvalue weighted by Crippen LogP contribution is -2.38. The second-order valence-corrected chi connectivity index (χ2v) is 7.00. The third kappa shape index (κ3) is 5.66. The third-order valence-electron chi connectivity index (χ3n) is 5.02. The summed E-state index contributed by atoms with van der Waals surface area (Å²) in [6.07, 6.45) is 6.58. The van der Waals surface area contributed by atoms with Crippen LogP contribution in [0.5, 0.6) is 5.75 Å². The maximum atomic E-state index is 12.5. The standard InChI is InChI=1S/C21H27N5O4/c1-29-14-11-22-21(28)19-15-26(24-23-19)17-9-12-25(13-10-17)20(27)8-5-16-3-6-18(30-2)7-4-16/h3-8,15,17H,9-14H2,1-2H3,(H,22,28)/b8-5+. The highest BCUT2D eigenvalue weighted by molar-refractivity contribution is 5.92. The molecule has 0 aliphatic carbocycles. The van der Waals surface area contributed by atoms with Gasteiger partial charge >= 0.3 is 0 Å². The van der Waals surface area contributed by atoms with Gasteiger partial charge in [-0.15, -0.1) is 5.10 Å². The number of likely N-dealkylation sites (tertiary alicyclic amines) is 1. The Bertz CT molecular complexity index is 870. The molecular weight excluding hydrogens is 386 g/mol. The Hall–Kier alpha value is -3.20. The van der Waals surface area contributed by atoms with Crippen molar-refractivity contribution in [1.82, 2.24) is 25.2 Å². The Labute approximate surface area is 175 Å². The number of piperidine rings is 1. The first kappa shape index (κ1) is 21.5. The van der Waals surface area contributed by atoms with Crippen molar-refractivity contribution >= 4 is 17.9 Å². The highest BCUT2D eigenvalue weighted by Gasteiger charge is 2.24. The number of hydrogen-bond donors (Lipinski definition) is 1. The summed E-state index contributed by atoms with van der Waals surface area (Å²) in [6, 6.07) is 7.65. The monoisotopic (exact) mass is 413 g/mol. The number of methoxy groups -OCH3 is 2. The molecule has 30 heavy (non-hydrogen) atoms. The lowest BCUT2D eigenvalue weighted by Gasteiger charge is -2.31. The molecule has 9 nitrogen and oxygen atoms in total. The van der Waals surface area contributed by atoms with Gasteiger partial charge < -0.3 is 19.7 Å². The molecule has 1 aromatic heterocycles. The van der Waals surface area contributed by atoms with Crippen molar-refractivity contribution in [3.8, 4) is 5.75 Å². The normalized spacial score (nSPS) is 14.8. The molecular formula is C21H27N5O4. The molecule has 1 aromatic carbocycles. The van der Waals surface area contributed by atoms with Gasteiger partial charge in [0.25, 0.3) is 5.91 Å². The van der Waals surface area contributed by atoms with E-state index in [-0.39, 0.29) is 23.6 Å². The lowest BCUT2D eigenvalue weighted by atomic mass is 10.1. The fourth-order valence-corrected chi connectivity index (χ4v) is 3.26. The molecule has 0 spiro atoms. The largest absolute Gasteiger partial charge is 0.497 e. The van der Waals surface area contributed by atoms with Crippen LogP contribution in [0.4, 0.5) is 0 Å². The maximum absolute atomic E-state index is 12.5. The fourth-order valence-electron chi connectivity index (χ4n) is 3.26. The van der Waals surface area contributed by atoms with Crippen LogP contribution in [-0.4, -0.2) is 72.2 Å². The minimum absolute atomic E-state index is 0.0129. The average Bonchev–Trinajstić information content (AvgIpc) is 3.28. The van der Waals surface area contributed by atoms with Crippen LogP contribution in [-0.2, 0) is 9.53 Å². The van der Waals surface area contributed by atoms with Crippen molar-refractivity contribution in [2.75, 3.05) is 40.5 Å². The zero-order valence-corrected chi connectivity index (χ0v) is 17.3. The molecule has 0 saturated carbocycles. The molecule has 2 aromatic rings. The summed E-state index contributed by atoms with van der Waals surface area (Å²) in [5.74, 6) is 0.500. The molecule has 0 radical (unpaired) electrons. The van der Waals surface area contributed by atoms with E-state index in [4.69, 9.17) is 9.47 Å². The van der Waals surface area contributed by atoms with Crippen LogP contribution in [0.15, 0.2) is 36.5 Å². The van der Waals surface area contributed by atoms with E-state index in [1.54, 1.807) is 37.3 Å². The number of ether oxygens (including phenoxy) is 2. The number of nitrogens with zero attached hydrogens (tertiary/aromatic N) is 4. The van der Waals surface area contributed by atoms with Gasteiger partial charge in [-0.2, -0.15) is 0 Å².